The maximum absolute atomic E-state index is 13.1. The van der Waals surface area contributed by atoms with E-state index in [0.717, 1.165) is 17.0 Å². The Labute approximate surface area is 153 Å². The topological polar surface area (TPSA) is 37.4 Å². The van der Waals surface area contributed by atoms with Crippen molar-refractivity contribution in [2.75, 3.05) is 13.1 Å². The van der Waals surface area contributed by atoms with Gasteiger partial charge in [-0.05, 0) is 43.2 Å². The Morgan fingerprint density at radius 1 is 0.963 bits per heavy atom. The molecule has 0 aromatic heterocycles. The van der Waals surface area contributed by atoms with Crippen LogP contribution in [0.3, 0.4) is 0 Å². The molecule has 3 rings (SSSR count). The van der Waals surface area contributed by atoms with Crippen LogP contribution in [0.4, 0.5) is 17.6 Å². The Kier molecular flexibility index (Phi) is 5.30. The van der Waals surface area contributed by atoms with Crippen LogP contribution >= 0.6 is 0 Å². The second-order valence-electron chi connectivity index (χ2n) is 6.51. The molecule has 2 aromatic rings. The third kappa shape index (κ3) is 4.18. The van der Waals surface area contributed by atoms with Crippen molar-refractivity contribution in [1.29, 1.82) is 0 Å². The molecule has 1 unspecified atom stereocenters. The van der Waals surface area contributed by atoms with E-state index in [2.05, 4.69) is 0 Å². The Bertz CT molecular complexity index is 846. The summed E-state index contributed by atoms with van der Waals surface area (Å²) >= 11 is 0. The second kappa shape index (κ2) is 7.50. The van der Waals surface area contributed by atoms with Gasteiger partial charge in [0.2, 0.25) is 0 Å². The van der Waals surface area contributed by atoms with Crippen molar-refractivity contribution >= 4 is 11.7 Å². The average Bonchev–Trinajstić information content (AvgIpc) is 2.67. The van der Waals surface area contributed by atoms with Gasteiger partial charge in [-0.3, -0.25) is 9.59 Å². The lowest BCUT2D eigenvalue weighted by Crippen LogP contribution is -2.44. The van der Waals surface area contributed by atoms with Crippen LogP contribution in [0.1, 0.15) is 39.1 Å². The number of piperidine rings is 1. The fourth-order valence-electron chi connectivity index (χ4n) is 3.22. The summed E-state index contributed by atoms with van der Waals surface area (Å²) in [5, 5.41) is 0. The summed E-state index contributed by atoms with van der Waals surface area (Å²) in [6, 6.07) is 10.9. The van der Waals surface area contributed by atoms with Gasteiger partial charge in [-0.2, -0.15) is 13.2 Å². The maximum Gasteiger partial charge on any atom is 0.393 e. The van der Waals surface area contributed by atoms with Crippen molar-refractivity contribution in [3.63, 3.8) is 0 Å². The lowest BCUT2D eigenvalue weighted by Gasteiger charge is -2.34. The monoisotopic (exact) mass is 379 g/mol. The van der Waals surface area contributed by atoms with E-state index in [9.17, 15) is 27.2 Å². The molecule has 3 nitrogen and oxygen atoms in total. The Morgan fingerprint density at radius 3 is 2.22 bits per heavy atom. The molecule has 1 heterocycles. The molecule has 27 heavy (non-hydrogen) atoms. The van der Waals surface area contributed by atoms with Crippen LogP contribution in [0.2, 0.25) is 0 Å². The second-order valence-corrected chi connectivity index (χ2v) is 6.51. The summed E-state index contributed by atoms with van der Waals surface area (Å²) in [7, 11) is 0. The number of rotatable bonds is 3. The van der Waals surface area contributed by atoms with Crippen molar-refractivity contribution in [1.82, 2.24) is 4.90 Å². The van der Waals surface area contributed by atoms with Gasteiger partial charge >= 0.3 is 6.18 Å². The summed E-state index contributed by atoms with van der Waals surface area (Å²) in [6.07, 6.45) is -4.12. The van der Waals surface area contributed by atoms with E-state index >= 15 is 0 Å². The lowest BCUT2D eigenvalue weighted by atomic mass is 9.94. The van der Waals surface area contributed by atoms with E-state index in [1.165, 1.54) is 24.3 Å². The first-order valence-electron chi connectivity index (χ1n) is 8.52. The number of hydrogen-bond donors (Lipinski definition) is 0. The highest BCUT2D eigenvalue weighted by molar-refractivity contribution is 6.15. The third-order valence-corrected chi connectivity index (χ3v) is 4.68. The highest BCUT2D eigenvalue weighted by Crippen LogP contribution is 2.33. The van der Waals surface area contributed by atoms with Crippen molar-refractivity contribution in [2.45, 2.75) is 19.0 Å². The molecular weight excluding hydrogens is 362 g/mol. The maximum atomic E-state index is 13.1. The molecule has 0 bridgehead atoms. The zero-order valence-corrected chi connectivity index (χ0v) is 14.3. The van der Waals surface area contributed by atoms with Gasteiger partial charge in [-0.1, -0.05) is 18.2 Å². The van der Waals surface area contributed by atoms with Crippen LogP contribution in [0.5, 0.6) is 0 Å². The normalized spacial score (nSPS) is 17.6. The van der Waals surface area contributed by atoms with E-state index in [1.807, 2.05) is 0 Å². The molecule has 0 saturated carbocycles. The van der Waals surface area contributed by atoms with Crippen molar-refractivity contribution in [3.05, 3.63) is 71.0 Å². The molecule has 1 saturated heterocycles. The Morgan fingerprint density at radius 2 is 1.59 bits per heavy atom. The molecule has 1 atom stereocenters. The minimum Gasteiger partial charge on any atom is -0.338 e. The zero-order valence-electron chi connectivity index (χ0n) is 14.3. The van der Waals surface area contributed by atoms with E-state index in [0.29, 0.717) is 0 Å². The van der Waals surface area contributed by atoms with Crippen LogP contribution in [0.25, 0.3) is 0 Å². The van der Waals surface area contributed by atoms with Gasteiger partial charge in [-0.15, -0.1) is 0 Å². The molecule has 0 aliphatic carbocycles. The van der Waals surface area contributed by atoms with Gasteiger partial charge in [0, 0.05) is 24.2 Å². The Balaban J connectivity index is 1.88. The summed E-state index contributed by atoms with van der Waals surface area (Å²) in [5.41, 5.74) is 0.335. The number of amides is 1. The quantitative estimate of drug-likeness (QED) is 0.583. The summed E-state index contributed by atoms with van der Waals surface area (Å²) in [5.74, 6) is -3.14. The fraction of sp³-hybridized carbons (Fsp3) is 0.300. The van der Waals surface area contributed by atoms with Gasteiger partial charge < -0.3 is 4.90 Å². The third-order valence-electron chi connectivity index (χ3n) is 4.68. The first kappa shape index (κ1) is 19.1. The molecule has 2 aromatic carbocycles. The molecule has 1 amide bonds. The van der Waals surface area contributed by atoms with E-state index in [4.69, 9.17) is 0 Å². The van der Waals surface area contributed by atoms with Crippen LogP contribution in [0.15, 0.2) is 48.5 Å². The van der Waals surface area contributed by atoms with Gasteiger partial charge in [0.05, 0.1) is 11.5 Å². The number of alkyl halides is 3. The van der Waals surface area contributed by atoms with Crippen molar-refractivity contribution < 1.29 is 27.2 Å². The minimum atomic E-state index is -4.36. The van der Waals surface area contributed by atoms with Crippen molar-refractivity contribution in [3.8, 4) is 0 Å². The predicted molar refractivity (Wildman–Crippen MR) is 91.0 cm³/mol. The van der Waals surface area contributed by atoms with E-state index in [1.54, 1.807) is 12.1 Å². The number of carbonyl (C=O) groups is 2. The molecule has 0 radical (unpaired) electrons. The Hall–Kier alpha value is -2.70. The number of ketones is 1. The van der Waals surface area contributed by atoms with Crippen LogP contribution in [-0.2, 0) is 0 Å². The molecule has 1 aliphatic rings. The number of halogens is 4. The number of benzene rings is 2. The standard InChI is InChI=1S/C20H17F4NO2/c21-15-9-7-13(8-10-15)18(26)16-5-1-2-6-17(16)19(27)25-11-3-4-14(12-25)20(22,23)24/h1-2,5-10,14H,3-4,11-12H2. The summed E-state index contributed by atoms with van der Waals surface area (Å²) in [6.45, 7) is -0.202. The number of carbonyl (C=O) groups excluding carboxylic acids is 2. The molecule has 7 heteroatoms. The van der Waals surface area contributed by atoms with Crippen LogP contribution in [-0.4, -0.2) is 35.9 Å². The summed E-state index contributed by atoms with van der Waals surface area (Å²) < 4.78 is 52.1. The van der Waals surface area contributed by atoms with Crippen molar-refractivity contribution in [2.24, 2.45) is 5.92 Å². The first-order chi connectivity index (χ1) is 12.8. The fourth-order valence-corrected chi connectivity index (χ4v) is 3.22. The minimum absolute atomic E-state index is 0.0105. The van der Waals surface area contributed by atoms with E-state index in [-0.39, 0.29) is 36.1 Å². The number of likely N-dealkylation sites (tertiary alicyclic amines) is 1. The summed E-state index contributed by atoms with van der Waals surface area (Å²) in [4.78, 5) is 26.7. The zero-order chi connectivity index (χ0) is 19.6. The lowest BCUT2D eigenvalue weighted by molar-refractivity contribution is -0.184. The smallest absolute Gasteiger partial charge is 0.338 e. The predicted octanol–water partition coefficient (Wildman–Crippen LogP) is 4.47. The number of hydrogen-bond acceptors (Lipinski definition) is 2. The molecular formula is C20H17F4NO2. The largest absolute Gasteiger partial charge is 0.393 e. The number of nitrogens with zero attached hydrogens (tertiary/aromatic N) is 1. The SMILES string of the molecule is O=C(c1ccc(F)cc1)c1ccccc1C(=O)N1CCCC(C(F)(F)F)C1. The highest BCUT2D eigenvalue weighted by Gasteiger charge is 2.43. The van der Waals surface area contributed by atoms with E-state index < -0.39 is 36.1 Å². The van der Waals surface area contributed by atoms with Gasteiger partial charge in [0.1, 0.15) is 5.82 Å². The molecule has 1 fully saturated rings. The molecule has 142 valence electrons. The average molecular weight is 379 g/mol. The van der Waals surface area contributed by atoms with Gasteiger partial charge in [-0.25, -0.2) is 4.39 Å². The van der Waals surface area contributed by atoms with Gasteiger partial charge in [0.25, 0.3) is 5.91 Å². The van der Waals surface area contributed by atoms with Gasteiger partial charge in [0.15, 0.2) is 5.78 Å². The highest BCUT2D eigenvalue weighted by atomic mass is 19.4. The molecule has 0 N–H and O–H groups in total. The molecule has 0 spiro atoms. The molecule has 1 aliphatic heterocycles. The van der Waals surface area contributed by atoms with Crippen LogP contribution in [0, 0.1) is 11.7 Å². The first-order valence-corrected chi connectivity index (χ1v) is 8.52. The van der Waals surface area contributed by atoms with Crippen LogP contribution < -0.4 is 0 Å².